The van der Waals surface area contributed by atoms with Gasteiger partial charge in [-0.05, 0) is 49.1 Å². The first kappa shape index (κ1) is 35.4. The van der Waals surface area contributed by atoms with Gasteiger partial charge in [-0.1, -0.05) is 66.7 Å². The summed E-state index contributed by atoms with van der Waals surface area (Å²) >= 11 is 0. The van der Waals surface area contributed by atoms with Gasteiger partial charge in [0.05, 0.1) is 6.04 Å². The number of aromatic nitrogens is 2. The summed E-state index contributed by atoms with van der Waals surface area (Å²) in [5.74, 6) is -3.77. The van der Waals surface area contributed by atoms with E-state index in [9.17, 15) is 29.1 Å². The van der Waals surface area contributed by atoms with Crippen LogP contribution in [0.25, 0.3) is 21.8 Å². The highest BCUT2D eigenvalue weighted by atomic mass is 16.4. The van der Waals surface area contributed by atoms with Crippen LogP contribution in [0.15, 0.2) is 91.3 Å². The molecule has 13 heteroatoms. The quantitative estimate of drug-likeness (QED) is 0.0825. The number of rotatable bonds is 15. The van der Waals surface area contributed by atoms with E-state index in [1.807, 2.05) is 54.6 Å². The molecule has 0 aliphatic carbocycles. The average molecular weight is 680 g/mol. The Morgan fingerprint density at radius 1 is 0.600 bits per heavy atom. The van der Waals surface area contributed by atoms with Crippen molar-refractivity contribution in [2.75, 3.05) is 0 Å². The number of nitrogens with two attached hydrogens (primary N) is 1. The lowest BCUT2D eigenvalue weighted by Gasteiger charge is -2.25. The zero-order chi connectivity index (χ0) is 35.8. The number of carbonyl (C=O) groups is 5. The molecule has 3 aromatic carbocycles. The van der Waals surface area contributed by atoms with Crippen LogP contribution >= 0.6 is 0 Å². The zero-order valence-corrected chi connectivity index (χ0v) is 27.7. The van der Waals surface area contributed by atoms with Gasteiger partial charge in [-0.3, -0.25) is 24.0 Å². The molecular formula is C37H41N7O6. The van der Waals surface area contributed by atoms with Crippen LogP contribution in [0, 0.1) is 0 Å². The molecule has 0 aliphatic heterocycles. The van der Waals surface area contributed by atoms with E-state index in [0.29, 0.717) is 0 Å². The smallest absolute Gasteiger partial charge is 0.325 e. The molecule has 9 N–H and O–H groups in total. The molecule has 0 bridgehead atoms. The molecule has 5 aromatic rings. The number of aliphatic carboxylic acids is 1. The van der Waals surface area contributed by atoms with Crippen LogP contribution < -0.4 is 27.0 Å². The Morgan fingerprint density at radius 2 is 1.08 bits per heavy atom. The molecule has 4 amide bonds. The maximum Gasteiger partial charge on any atom is 0.325 e. The number of carboxylic acid groups (broad SMARTS) is 1. The maximum absolute atomic E-state index is 13.9. The Morgan fingerprint density at radius 3 is 1.68 bits per heavy atom. The molecule has 13 nitrogen and oxygen atoms in total. The Labute approximate surface area is 288 Å². The first-order chi connectivity index (χ1) is 24.0. The van der Waals surface area contributed by atoms with Crippen LogP contribution in [0.3, 0.4) is 0 Å². The normalized spacial score (nSPS) is 14.2. The standard InChI is InChI=1S/C37H41N7O6/c1-21(41-34(46)28(38)17-24-19-39-29-14-8-6-12-26(24)29)33(45)43-31(16-23-10-4-3-5-11-23)36(48)44-32(35(47)42-22(2)37(49)50)18-25-20-40-30-15-9-7-13-27(25)30/h3-15,19-22,28,31-32,39-40H,16-18,38H2,1-2H3,(H,41,46)(H,42,47)(H,43,45)(H,44,48)(H,49,50)/t21-,22-,28-,31-,32-/m0/s1. The first-order valence-corrected chi connectivity index (χ1v) is 16.3. The van der Waals surface area contributed by atoms with E-state index in [4.69, 9.17) is 5.73 Å². The van der Waals surface area contributed by atoms with Gasteiger partial charge in [0, 0.05) is 47.0 Å². The van der Waals surface area contributed by atoms with Crippen LogP contribution in [0.1, 0.15) is 30.5 Å². The fraction of sp³-hybridized carbons (Fsp3) is 0.270. The first-order valence-electron chi connectivity index (χ1n) is 16.3. The summed E-state index contributed by atoms with van der Waals surface area (Å²) in [7, 11) is 0. The minimum atomic E-state index is -1.23. The summed E-state index contributed by atoms with van der Waals surface area (Å²) in [5.41, 5.74) is 10.3. The summed E-state index contributed by atoms with van der Waals surface area (Å²) in [4.78, 5) is 71.6. The van der Waals surface area contributed by atoms with Gasteiger partial charge in [-0.15, -0.1) is 0 Å². The van der Waals surface area contributed by atoms with E-state index in [-0.39, 0.29) is 19.3 Å². The molecule has 2 heterocycles. The molecule has 0 fully saturated rings. The van der Waals surface area contributed by atoms with E-state index < -0.39 is 59.8 Å². The molecule has 260 valence electrons. The topological polar surface area (TPSA) is 211 Å². The van der Waals surface area contributed by atoms with Crippen molar-refractivity contribution in [1.29, 1.82) is 0 Å². The molecule has 0 spiro atoms. The van der Waals surface area contributed by atoms with E-state index in [0.717, 1.165) is 38.5 Å². The van der Waals surface area contributed by atoms with Crippen molar-refractivity contribution >= 4 is 51.4 Å². The van der Waals surface area contributed by atoms with Crippen LogP contribution in [0.2, 0.25) is 0 Å². The molecule has 0 unspecified atom stereocenters. The highest BCUT2D eigenvalue weighted by Crippen LogP contribution is 2.20. The predicted octanol–water partition coefficient (Wildman–Crippen LogP) is 2.07. The summed E-state index contributed by atoms with van der Waals surface area (Å²) in [6.07, 6.45) is 3.89. The number of carbonyl (C=O) groups excluding carboxylic acids is 4. The van der Waals surface area contributed by atoms with Gasteiger partial charge in [-0.2, -0.15) is 0 Å². The molecule has 5 rings (SSSR count). The minimum Gasteiger partial charge on any atom is -0.480 e. The summed E-state index contributed by atoms with van der Waals surface area (Å²) in [5, 5.41) is 21.7. The summed E-state index contributed by atoms with van der Waals surface area (Å²) < 4.78 is 0. The lowest BCUT2D eigenvalue weighted by atomic mass is 10.0. The van der Waals surface area contributed by atoms with Crippen molar-refractivity contribution in [3.63, 3.8) is 0 Å². The molecule has 0 radical (unpaired) electrons. The zero-order valence-electron chi connectivity index (χ0n) is 27.7. The number of nitrogens with one attached hydrogen (secondary N) is 6. The van der Waals surface area contributed by atoms with Crippen LogP contribution in [-0.4, -0.2) is 74.9 Å². The molecule has 0 saturated carbocycles. The summed E-state index contributed by atoms with van der Waals surface area (Å²) in [6.45, 7) is 2.81. The second kappa shape index (κ2) is 16.0. The highest BCUT2D eigenvalue weighted by Gasteiger charge is 2.31. The number of aromatic amines is 2. The monoisotopic (exact) mass is 679 g/mol. The van der Waals surface area contributed by atoms with Crippen LogP contribution in [-0.2, 0) is 43.2 Å². The van der Waals surface area contributed by atoms with Crippen LogP contribution in [0.4, 0.5) is 0 Å². The number of H-pyrrole nitrogens is 2. The number of amides is 4. The lowest BCUT2D eigenvalue weighted by molar-refractivity contribution is -0.141. The van der Waals surface area contributed by atoms with E-state index in [2.05, 4.69) is 31.2 Å². The van der Waals surface area contributed by atoms with E-state index in [1.54, 1.807) is 36.7 Å². The van der Waals surface area contributed by atoms with Gasteiger partial charge < -0.3 is 42.1 Å². The molecular weight excluding hydrogens is 638 g/mol. The molecule has 0 saturated heterocycles. The number of para-hydroxylation sites is 2. The van der Waals surface area contributed by atoms with Gasteiger partial charge in [-0.25, -0.2) is 0 Å². The number of hydrogen-bond donors (Lipinski definition) is 8. The molecule has 0 aliphatic rings. The minimum absolute atomic E-state index is 0.0424. The second-order valence-electron chi connectivity index (χ2n) is 12.3. The number of benzene rings is 3. The van der Waals surface area contributed by atoms with Gasteiger partial charge in [0.2, 0.25) is 23.6 Å². The Kier molecular flexibility index (Phi) is 11.3. The van der Waals surface area contributed by atoms with Crippen LogP contribution in [0.5, 0.6) is 0 Å². The van der Waals surface area contributed by atoms with Gasteiger partial charge in [0.15, 0.2) is 0 Å². The largest absolute Gasteiger partial charge is 0.480 e. The SMILES string of the molecule is C[C@H](NC(=O)[C@H](Cc1c[nH]c2ccccc12)NC(=O)[C@H](Cc1ccccc1)NC(=O)[C@H](C)NC(=O)[C@@H](N)Cc1c[nH]c2ccccc12)C(=O)O. The number of hydrogen-bond acceptors (Lipinski definition) is 6. The third-order valence-electron chi connectivity index (χ3n) is 8.58. The highest BCUT2D eigenvalue weighted by molar-refractivity contribution is 5.96. The average Bonchev–Trinajstić information content (AvgIpc) is 3.71. The fourth-order valence-corrected chi connectivity index (χ4v) is 5.75. The van der Waals surface area contributed by atoms with Crippen molar-refractivity contribution in [1.82, 2.24) is 31.2 Å². The molecule has 5 atom stereocenters. The van der Waals surface area contributed by atoms with Gasteiger partial charge >= 0.3 is 5.97 Å². The van der Waals surface area contributed by atoms with E-state index in [1.165, 1.54) is 13.8 Å². The third kappa shape index (κ3) is 8.74. The molecule has 2 aromatic heterocycles. The van der Waals surface area contributed by atoms with Crippen molar-refractivity contribution < 1.29 is 29.1 Å². The fourth-order valence-electron chi connectivity index (χ4n) is 5.75. The Balaban J connectivity index is 1.30. The van der Waals surface area contributed by atoms with E-state index >= 15 is 0 Å². The lowest BCUT2D eigenvalue weighted by Crippen LogP contribution is -2.58. The van der Waals surface area contributed by atoms with Crippen molar-refractivity contribution in [2.24, 2.45) is 5.73 Å². The van der Waals surface area contributed by atoms with Crippen molar-refractivity contribution in [2.45, 2.75) is 63.3 Å². The van der Waals surface area contributed by atoms with Gasteiger partial charge in [0.25, 0.3) is 0 Å². The Bertz CT molecular complexity index is 1990. The Hall–Kier alpha value is -5.95. The van der Waals surface area contributed by atoms with Gasteiger partial charge in [0.1, 0.15) is 24.2 Å². The number of fused-ring (bicyclic) bond motifs is 2. The third-order valence-corrected chi connectivity index (χ3v) is 8.58. The maximum atomic E-state index is 13.9. The van der Waals surface area contributed by atoms with Crippen molar-refractivity contribution in [3.8, 4) is 0 Å². The summed E-state index contributed by atoms with van der Waals surface area (Å²) in [6, 6.07) is 18.6. The molecule has 50 heavy (non-hydrogen) atoms. The predicted molar refractivity (Wildman–Crippen MR) is 189 cm³/mol. The van der Waals surface area contributed by atoms with Crippen molar-refractivity contribution in [3.05, 3.63) is 108 Å². The second-order valence-corrected chi connectivity index (χ2v) is 12.3. The number of carboxylic acids is 1.